The van der Waals surface area contributed by atoms with Crippen LogP contribution in [0, 0.1) is 17.0 Å². The zero-order chi connectivity index (χ0) is 11.9. The molecule has 0 unspecified atom stereocenters. The van der Waals surface area contributed by atoms with Crippen molar-refractivity contribution in [2.45, 2.75) is 13.0 Å². The van der Waals surface area contributed by atoms with E-state index in [2.05, 4.69) is 20.9 Å². The molecule has 1 aliphatic rings. The first-order chi connectivity index (χ1) is 7.50. The van der Waals surface area contributed by atoms with Gasteiger partial charge in [0.15, 0.2) is 0 Å². The minimum Gasteiger partial charge on any atom is -0.389 e. The second kappa shape index (κ2) is 3.99. The van der Waals surface area contributed by atoms with Gasteiger partial charge in [-0.05, 0) is 22.9 Å². The van der Waals surface area contributed by atoms with Crippen LogP contribution in [0.4, 0.5) is 11.5 Å². The van der Waals surface area contributed by atoms with Crippen LogP contribution in [-0.4, -0.2) is 34.2 Å². The van der Waals surface area contributed by atoms with E-state index in [0.29, 0.717) is 28.9 Å². The van der Waals surface area contributed by atoms with Crippen molar-refractivity contribution in [3.63, 3.8) is 0 Å². The molecule has 0 bridgehead atoms. The quantitative estimate of drug-likeness (QED) is 0.654. The monoisotopic (exact) mass is 287 g/mol. The zero-order valence-electron chi connectivity index (χ0n) is 8.55. The van der Waals surface area contributed by atoms with Crippen LogP contribution in [0.5, 0.6) is 0 Å². The van der Waals surface area contributed by atoms with Gasteiger partial charge in [-0.25, -0.2) is 4.98 Å². The third-order valence-electron chi connectivity index (χ3n) is 2.58. The molecular formula is C9H10BrN3O3. The van der Waals surface area contributed by atoms with E-state index in [1.165, 1.54) is 6.20 Å². The maximum atomic E-state index is 10.7. The van der Waals surface area contributed by atoms with Crippen molar-refractivity contribution in [1.82, 2.24) is 4.98 Å². The minimum absolute atomic E-state index is 0.00306. The van der Waals surface area contributed by atoms with Crippen LogP contribution in [0.1, 0.15) is 5.56 Å². The minimum atomic E-state index is -0.457. The van der Waals surface area contributed by atoms with E-state index in [4.69, 9.17) is 0 Å². The van der Waals surface area contributed by atoms with E-state index < -0.39 is 4.92 Å². The van der Waals surface area contributed by atoms with Crippen LogP contribution in [0.3, 0.4) is 0 Å². The van der Waals surface area contributed by atoms with Gasteiger partial charge in [0, 0.05) is 18.7 Å². The molecule has 0 aliphatic carbocycles. The number of hydrogen-bond acceptors (Lipinski definition) is 5. The predicted octanol–water partition coefficient (Wildman–Crippen LogP) is 1.24. The molecule has 0 radical (unpaired) electrons. The van der Waals surface area contributed by atoms with Gasteiger partial charge < -0.3 is 10.0 Å². The Kier molecular flexibility index (Phi) is 2.81. The summed E-state index contributed by atoms with van der Waals surface area (Å²) in [6.45, 7) is 2.70. The van der Waals surface area contributed by atoms with Gasteiger partial charge in [-0.3, -0.25) is 10.1 Å². The molecule has 1 saturated heterocycles. The maximum absolute atomic E-state index is 10.7. The number of aliphatic hydroxyl groups is 1. The number of pyridine rings is 1. The molecule has 1 fully saturated rings. The Labute approximate surface area is 100 Å². The lowest BCUT2D eigenvalue weighted by Gasteiger charge is -2.37. The third kappa shape index (κ3) is 1.76. The Bertz CT molecular complexity index is 446. The first kappa shape index (κ1) is 11.3. The number of hydrogen-bond donors (Lipinski definition) is 1. The summed E-state index contributed by atoms with van der Waals surface area (Å²) in [5.41, 5.74) is 0.549. The van der Waals surface area contributed by atoms with Crippen molar-refractivity contribution in [3.8, 4) is 0 Å². The average Bonchev–Trinajstić information content (AvgIpc) is 2.17. The van der Waals surface area contributed by atoms with E-state index in [9.17, 15) is 15.2 Å². The van der Waals surface area contributed by atoms with Crippen LogP contribution in [-0.2, 0) is 0 Å². The second-order valence-electron chi connectivity index (χ2n) is 3.72. The van der Waals surface area contributed by atoms with Crippen molar-refractivity contribution in [2.24, 2.45) is 0 Å². The van der Waals surface area contributed by atoms with Gasteiger partial charge in [-0.15, -0.1) is 0 Å². The van der Waals surface area contributed by atoms with Gasteiger partial charge in [-0.1, -0.05) is 0 Å². The van der Waals surface area contributed by atoms with Crippen LogP contribution in [0.2, 0.25) is 0 Å². The van der Waals surface area contributed by atoms with Crippen molar-refractivity contribution < 1.29 is 10.0 Å². The number of aromatic nitrogens is 1. The lowest BCUT2D eigenvalue weighted by atomic mass is 10.1. The molecule has 2 heterocycles. The molecule has 0 amide bonds. The fourth-order valence-electron chi connectivity index (χ4n) is 1.59. The topological polar surface area (TPSA) is 79.5 Å². The summed E-state index contributed by atoms with van der Waals surface area (Å²) in [6.07, 6.45) is 0.921. The summed E-state index contributed by atoms with van der Waals surface area (Å²) in [5.74, 6) is 0.647. The molecule has 6 nitrogen and oxygen atoms in total. The molecule has 0 spiro atoms. The van der Waals surface area contributed by atoms with Gasteiger partial charge in [0.25, 0.3) is 5.69 Å². The lowest BCUT2D eigenvalue weighted by Crippen LogP contribution is -2.51. The first-order valence-corrected chi connectivity index (χ1v) is 5.52. The van der Waals surface area contributed by atoms with Crippen molar-refractivity contribution in [2.75, 3.05) is 18.0 Å². The third-order valence-corrected chi connectivity index (χ3v) is 3.53. The normalized spacial score (nSPS) is 16.1. The van der Waals surface area contributed by atoms with E-state index in [0.717, 1.165) is 0 Å². The fraction of sp³-hybridized carbons (Fsp3) is 0.444. The molecule has 1 aromatic heterocycles. The van der Waals surface area contributed by atoms with Crippen LogP contribution in [0.25, 0.3) is 0 Å². The molecule has 0 atom stereocenters. The van der Waals surface area contributed by atoms with Crippen LogP contribution >= 0.6 is 15.9 Å². The molecule has 1 aliphatic heterocycles. The van der Waals surface area contributed by atoms with E-state index in [1.54, 1.807) is 6.92 Å². The Balaban J connectivity index is 2.35. The number of nitro groups is 1. The number of anilines is 1. The SMILES string of the molecule is Cc1c([N+](=O)[O-])cnc(N2CC(O)C2)c1Br. The highest BCUT2D eigenvalue weighted by atomic mass is 79.9. The molecule has 16 heavy (non-hydrogen) atoms. The van der Waals surface area contributed by atoms with Gasteiger partial charge >= 0.3 is 0 Å². The Hall–Kier alpha value is -1.21. The van der Waals surface area contributed by atoms with Crippen molar-refractivity contribution in [3.05, 3.63) is 26.3 Å². The Morgan fingerprint density at radius 3 is 2.81 bits per heavy atom. The van der Waals surface area contributed by atoms with Crippen molar-refractivity contribution in [1.29, 1.82) is 0 Å². The van der Waals surface area contributed by atoms with Crippen LogP contribution < -0.4 is 4.90 Å². The summed E-state index contributed by atoms with van der Waals surface area (Å²) in [6, 6.07) is 0. The molecule has 86 valence electrons. The van der Waals surface area contributed by atoms with Crippen molar-refractivity contribution >= 4 is 27.4 Å². The van der Waals surface area contributed by atoms with E-state index in [1.807, 2.05) is 4.90 Å². The largest absolute Gasteiger partial charge is 0.389 e. The maximum Gasteiger partial charge on any atom is 0.291 e. The standard InChI is InChI=1S/C9H10BrN3O3/c1-5-7(13(15)16)2-11-9(8(5)10)12-3-6(14)4-12/h2,6,14H,3-4H2,1H3. The predicted molar refractivity (Wildman–Crippen MR) is 61.5 cm³/mol. The summed E-state index contributed by atoms with van der Waals surface area (Å²) < 4.78 is 0.619. The van der Waals surface area contributed by atoms with E-state index in [-0.39, 0.29) is 11.8 Å². The summed E-state index contributed by atoms with van der Waals surface area (Å²) in [7, 11) is 0. The fourth-order valence-corrected chi connectivity index (χ4v) is 2.14. The van der Waals surface area contributed by atoms with Gasteiger partial charge in [-0.2, -0.15) is 0 Å². The first-order valence-electron chi connectivity index (χ1n) is 4.73. The molecule has 7 heteroatoms. The van der Waals surface area contributed by atoms with Gasteiger partial charge in [0.05, 0.1) is 15.5 Å². The molecule has 1 aromatic rings. The number of aliphatic hydroxyl groups excluding tert-OH is 1. The van der Waals surface area contributed by atoms with E-state index >= 15 is 0 Å². The average molecular weight is 288 g/mol. The molecule has 0 saturated carbocycles. The number of nitrogens with zero attached hydrogens (tertiary/aromatic N) is 3. The highest BCUT2D eigenvalue weighted by molar-refractivity contribution is 9.10. The smallest absolute Gasteiger partial charge is 0.291 e. The Morgan fingerprint density at radius 1 is 1.69 bits per heavy atom. The second-order valence-corrected chi connectivity index (χ2v) is 4.51. The van der Waals surface area contributed by atoms with Crippen LogP contribution in [0.15, 0.2) is 10.7 Å². The summed E-state index contributed by atoms with van der Waals surface area (Å²) in [5, 5.41) is 19.9. The highest BCUT2D eigenvalue weighted by Gasteiger charge is 2.29. The number of β-amino-alcohol motifs (C(OH)–C–C–N with tert-alkyl or cyclic N) is 1. The highest BCUT2D eigenvalue weighted by Crippen LogP contribution is 2.34. The van der Waals surface area contributed by atoms with Gasteiger partial charge in [0.1, 0.15) is 12.0 Å². The Morgan fingerprint density at radius 2 is 2.31 bits per heavy atom. The lowest BCUT2D eigenvalue weighted by molar-refractivity contribution is -0.385. The summed E-state index contributed by atoms with van der Waals surface area (Å²) in [4.78, 5) is 16.1. The molecule has 0 aromatic carbocycles. The summed E-state index contributed by atoms with van der Waals surface area (Å²) >= 11 is 3.30. The van der Waals surface area contributed by atoms with Gasteiger partial charge in [0.2, 0.25) is 0 Å². The zero-order valence-corrected chi connectivity index (χ0v) is 10.1. The molecular weight excluding hydrogens is 278 g/mol. The number of rotatable bonds is 2. The molecule has 1 N–H and O–H groups in total. The number of halogens is 1. The molecule has 2 rings (SSSR count).